The average Bonchev–Trinajstić information content (AvgIpc) is 1.80. The van der Waals surface area contributed by atoms with E-state index >= 15 is 0 Å². The molecule has 0 aromatic carbocycles. The zero-order chi connectivity index (χ0) is 7.11. The summed E-state index contributed by atoms with van der Waals surface area (Å²) in [5, 5.41) is 2.77. The normalized spacial score (nSPS) is 10.1. The van der Waals surface area contributed by atoms with Gasteiger partial charge in [0.25, 0.3) is 0 Å². The largest absolute Gasteiger partial charge is 0.313 e. The van der Waals surface area contributed by atoms with Crippen LogP contribution in [0.3, 0.4) is 0 Å². The van der Waals surface area contributed by atoms with Crippen molar-refractivity contribution in [2.75, 3.05) is 13.1 Å². The Morgan fingerprint density at radius 3 is 2.67 bits per heavy atom. The molecule has 0 saturated carbocycles. The molecule has 0 spiro atoms. The number of alkyl halides is 2. The van der Waals surface area contributed by atoms with Crippen molar-refractivity contribution < 1.29 is 8.78 Å². The van der Waals surface area contributed by atoms with Crippen LogP contribution < -0.4 is 5.32 Å². The molecule has 0 fully saturated rings. The summed E-state index contributed by atoms with van der Waals surface area (Å²) in [6, 6.07) is 0. The quantitative estimate of drug-likeness (QED) is 0.444. The Morgan fingerprint density at radius 2 is 2.22 bits per heavy atom. The Labute approximate surface area is 53.8 Å². The fourth-order valence-corrected chi connectivity index (χ4v) is 0.415. The van der Waals surface area contributed by atoms with Gasteiger partial charge >= 0.3 is 0 Å². The molecule has 1 nitrogen and oxygen atoms in total. The van der Waals surface area contributed by atoms with Crippen LogP contribution in [-0.4, -0.2) is 19.5 Å². The van der Waals surface area contributed by atoms with Gasteiger partial charge in [0.05, 0.1) is 0 Å². The van der Waals surface area contributed by atoms with E-state index in [2.05, 4.69) is 11.9 Å². The van der Waals surface area contributed by atoms with Crippen molar-refractivity contribution in [2.45, 2.75) is 12.8 Å². The number of nitrogens with one attached hydrogen (secondary N) is 1. The minimum atomic E-state index is -2.19. The van der Waals surface area contributed by atoms with E-state index in [1.807, 2.05) is 0 Å². The van der Waals surface area contributed by atoms with E-state index < -0.39 is 6.43 Å². The zero-order valence-electron chi connectivity index (χ0n) is 5.24. The van der Waals surface area contributed by atoms with E-state index in [0.717, 1.165) is 0 Å². The van der Waals surface area contributed by atoms with Crippen molar-refractivity contribution >= 4 is 0 Å². The van der Waals surface area contributed by atoms with Gasteiger partial charge in [0, 0.05) is 19.5 Å². The summed E-state index contributed by atoms with van der Waals surface area (Å²) in [6.07, 6.45) is -0.624. The van der Waals surface area contributed by atoms with E-state index in [4.69, 9.17) is 0 Å². The summed E-state index contributed by atoms with van der Waals surface area (Å²) in [5.74, 6) is 0. The molecule has 0 heterocycles. The first-order valence-electron chi connectivity index (χ1n) is 2.87. The lowest BCUT2D eigenvalue weighted by Gasteiger charge is -1.98. The maximum absolute atomic E-state index is 11.4. The molecule has 0 amide bonds. The standard InChI is InChI=1S/C6H11F2N/c1-2-4-9-5-3-6(7)8/h2,6,9H,1,3-5H2. The van der Waals surface area contributed by atoms with Gasteiger partial charge in [-0.25, -0.2) is 8.78 Å². The second kappa shape index (κ2) is 5.69. The van der Waals surface area contributed by atoms with Crippen LogP contribution in [0, 0.1) is 0 Å². The van der Waals surface area contributed by atoms with Crippen LogP contribution in [0.15, 0.2) is 12.7 Å². The van der Waals surface area contributed by atoms with Crippen LogP contribution >= 0.6 is 0 Å². The highest BCUT2D eigenvalue weighted by molar-refractivity contribution is 4.69. The molecule has 0 radical (unpaired) electrons. The van der Waals surface area contributed by atoms with E-state index in [-0.39, 0.29) is 6.42 Å². The smallest absolute Gasteiger partial charge is 0.239 e. The van der Waals surface area contributed by atoms with Gasteiger partial charge < -0.3 is 5.32 Å². The van der Waals surface area contributed by atoms with Gasteiger partial charge in [-0.2, -0.15) is 0 Å². The first-order valence-corrected chi connectivity index (χ1v) is 2.87. The molecule has 0 atom stereocenters. The van der Waals surface area contributed by atoms with Gasteiger partial charge in [0.2, 0.25) is 6.43 Å². The molecule has 0 aliphatic heterocycles. The molecule has 0 rings (SSSR count). The first-order chi connectivity index (χ1) is 4.27. The van der Waals surface area contributed by atoms with Gasteiger partial charge in [0.15, 0.2) is 0 Å². The third-order valence-electron chi connectivity index (χ3n) is 0.828. The fraction of sp³-hybridized carbons (Fsp3) is 0.667. The van der Waals surface area contributed by atoms with Gasteiger partial charge in [-0.3, -0.25) is 0 Å². The second-order valence-corrected chi connectivity index (χ2v) is 1.67. The lowest BCUT2D eigenvalue weighted by atomic mass is 10.4. The minimum Gasteiger partial charge on any atom is -0.313 e. The number of rotatable bonds is 5. The lowest BCUT2D eigenvalue weighted by molar-refractivity contribution is 0.138. The molecule has 0 unspecified atom stereocenters. The molecule has 0 aromatic rings. The SMILES string of the molecule is C=CCNCCC(F)F. The molecular formula is C6H11F2N. The predicted octanol–water partition coefficient (Wildman–Crippen LogP) is 1.42. The molecule has 54 valence electrons. The van der Waals surface area contributed by atoms with E-state index in [0.29, 0.717) is 13.1 Å². The predicted molar refractivity (Wildman–Crippen MR) is 33.7 cm³/mol. The average molecular weight is 135 g/mol. The molecule has 9 heavy (non-hydrogen) atoms. The van der Waals surface area contributed by atoms with Crippen molar-refractivity contribution in [3.63, 3.8) is 0 Å². The molecule has 0 aromatic heterocycles. The fourth-order valence-electron chi connectivity index (χ4n) is 0.415. The van der Waals surface area contributed by atoms with E-state index in [9.17, 15) is 8.78 Å². The maximum Gasteiger partial charge on any atom is 0.239 e. The highest BCUT2D eigenvalue weighted by Gasteiger charge is 1.98. The molecule has 0 aliphatic rings. The zero-order valence-corrected chi connectivity index (χ0v) is 5.24. The summed E-state index contributed by atoms with van der Waals surface area (Å²) in [5.41, 5.74) is 0. The van der Waals surface area contributed by atoms with Crippen LogP contribution in [0.4, 0.5) is 8.78 Å². The summed E-state index contributed by atoms with van der Waals surface area (Å²) in [6.45, 7) is 4.40. The monoisotopic (exact) mass is 135 g/mol. The number of hydrogen-bond acceptors (Lipinski definition) is 1. The second-order valence-electron chi connectivity index (χ2n) is 1.67. The van der Waals surface area contributed by atoms with Crippen molar-refractivity contribution in [1.29, 1.82) is 0 Å². The lowest BCUT2D eigenvalue weighted by Crippen LogP contribution is -2.16. The topological polar surface area (TPSA) is 12.0 Å². The van der Waals surface area contributed by atoms with E-state index in [1.165, 1.54) is 0 Å². The van der Waals surface area contributed by atoms with Crippen LogP contribution in [0.1, 0.15) is 6.42 Å². The Kier molecular flexibility index (Phi) is 5.41. The Hall–Kier alpha value is -0.440. The Bertz CT molecular complexity index is 73.5. The van der Waals surface area contributed by atoms with Crippen molar-refractivity contribution in [1.82, 2.24) is 5.32 Å². The highest BCUT2D eigenvalue weighted by Crippen LogP contribution is 1.95. The van der Waals surface area contributed by atoms with Crippen LogP contribution in [-0.2, 0) is 0 Å². The van der Waals surface area contributed by atoms with E-state index in [1.54, 1.807) is 6.08 Å². The van der Waals surface area contributed by atoms with Crippen LogP contribution in [0.5, 0.6) is 0 Å². The third kappa shape index (κ3) is 7.56. The van der Waals surface area contributed by atoms with Crippen LogP contribution in [0.25, 0.3) is 0 Å². The minimum absolute atomic E-state index is 0.0756. The molecular weight excluding hydrogens is 124 g/mol. The van der Waals surface area contributed by atoms with Crippen LogP contribution in [0.2, 0.25) is 0 Å². The van der Waals surface area contributed by atoms with Crippen molar-refractivity contribution in [3.8, 4) is 0 Å². The summed E-state index contributed by atoms with van der Waals surface area (Å²) in [7, 11) is 0. The number of halogens is 2. The molecule has 0 bridgehead atoms. The molecule has 1 N–H and O–H groups in total. The highest BCUT2D eigenvalue weighted by atomic mass is 19.3. The Balaban J connectivity index is 2.82. The summed E-state index contributed by atoms with van der Waals surface area (Å²) >= 11 is 0. The first kappa shape index (κ1) is 8.56. The number of hydrogen-bond donors (Lipinski definition) is 1. The Morgan fingerprint density at radius 1 is 1.56 bits per heavy atom. The summed E-state index contributed by atoms with van der Waals surface area (Å²) < 4.78 is 22.8. The van der Waals surface area contributed by atoms with Crippen molar-refractivity contribution in [2.24, 2.45) is 0 Å². The van der Waals surface area contributed by atoms with Crippen molar-refractivity contribution in [3.05, 3.63) is 12.7 Å². The third-order valence-corrected chi connectivity index (χ3v) is 0.828. The molecule has 0 saturated heterocycles. The van der Waals surface area contributed by atoms with Gasteiger partial charge in [-0.1, -0.05) is 6.08 Å². The van der Waals surface area contributed by atoms with Gasteiger partial charge in [-0.05, 0) is 0 Å². The van der Waals surface area contributed by atoms with Gasteiger partial charge in [-0.15, -0.1) is 6.58 Å². The van der Waals surface area contributed by atoms with Gasteiger partial charge in [0.1, 0.15) is 0 Å². The summed E-state index contributed by atoms with van der Waals surface area (Å²) in [4.78, 5) is 0. The maximum atomic E-state index is 11.4. The molecule has 3 heteroatoms. The molecule has 0 aliphatic carbocycles.